The van der Waals surface area contributed by atoms with Gasteiger partial charge in [0.25, 0.3) is 11.8 Å². The van der Waals surface area contributed by atoms with E-state index in [1.807, 2.05) is 0 Å². The van der Waals surface area contributed by atoms with Crippen molar-refractivity contribution < 1.29 is 32.6 Å². The van der Waals surface area contributed by atoms with E-state index in [2.05, 4.69) is 15.3 Å². The molecule has 0 bridgehead atoms. The molecule has 0 fully saturated rings. The fourth-order valence-corrected chi connectivity index (χ4v) is 2.69. The van der Waals surface area contributed by atoms with Crippen molar-refractivity contribution in [3.63, 3.8) is 0 Å². The van der Waals surface area contributed by atoms with Gasteiger partial charge in [0.1, 0.15) is 12.3 Å². The Morgan fingerprint density at radius 3 is 2.86 bits per heavy atom. The lowest BCUT2D eigenvalue weighted by atomic mass is 10.2. The van der Waals surface area contributed by atoms with Crippen LogP contribution < -0.4 is 24.5 Å². The number of methoxy groups -OCH3 is 1. The number of fused-ring (bicyclic) bond motifs is 1. The number of hydrazone groups is 1. The van der Waals surface area contributed by atoms with Crippen molar-refractivity contribution in [3.8, 4) is 17.2 Å². The molecule has 1 heterocycles. The minimum Gasteiger partial charge on any atom is -0.493 e. The van der Waals surface area contributed by atoms with E-state index in [4.69, 9.17) is 9.47 Å². The largest absolute Gasteiger partial charge is 0.493 e. The summed E-state index contributed by atoms with van der Waals surface area (Å²) >= 11 is 0. The topological polar surface area (TPSA) is 89.5 Å². The zero-order valence-corrected chi connectivity index (χ0v) is 15.3. The van der Waals surface area contributed by atoms with Crippen LogP contribution in [0.15, 0.2) is 47.6 Å². The van der Waals surface area contributed by atoms with Crippen LogP contribution in [-0.4, -0.2) is 44.9 Å². The van der Waals surface area contributed by atoms with Crippen LogP contribution in [0.2, 0.25) is 0 Å². The number of hydrogen-bond acceptors (Lipinski definition) is 6. The molecule has 3 rings (SSSR count). The first-order valence-corrected chi connectivity index (χ1v) is 8.45. The van der Waals surface area contributed by atoms with E-state index < -0.39 is 12.5 Å². The van der Waals surface area contributed by atoms with E-state index in [0.717, 1.165) is 6.21 Å². The summed E-state index contributed by atoms with van der Waals surface area (Å²) in [5.41, 5.74) is 2.91. The number of anilines is 1. The molecule has 2 aromatic carbocycles. The van der Waals surface area contributed by atoms with Gasteiger partial charge in [-0.05, 0) is 24.3 Å². The van der Waals surface area contributed by atoms with Crippen LogP contribution in [-0.2, 0) is 9.59 Å². The van der Waals surface area contributed by atoms with E-state index >= 15 is 0 Å². The predicted molar refractivity (Wildman–Crippen MR) is 99.7 cm³/mol. The molecule has 1 N–H and O–H groups in total. The Kier molecular flexibility index (Phi) is 6.22. The number of rotatable bonds is 7. The minimum atomic E-state index is -3.06. The van der Waals surface area contributed by atoms with Crippen LogP contribution in [0.25, 0.3) is 0 Å². The van der Waals surface area contributed by atoms with E-state index in [-0.39, 0.29) is 36.1 Å². The van der Waals surface area contributed by atoms with Crippen LogP contribution in [0.1, 0.15) is 5.56 Å². The van der Waals surface area contributed by atoms with Gasteiger partial charge in [-0.15, -0.1) is 0 Å². The van der Waals surface area contributed by atoms with Gasteiger partial charge in [-0.3, -0.25) is 14.5 Å². The Bertz CT molecular complexity index is 936. The van der Waals surface area contributed by atoms with Gasteiger partial charge in [0, 0.05) is 5.56 Å². The van der Waals surface area contributed by atoms with E-state index in [1.165, 1.54) is 24.1 Å². The molecule has 0 atom stereocenters. The van der Waals surface area contributed by atoms with Crippen LogP contribution >= 0.6 is 0 Å². The van der Waals surface area contributed by atoms with E-state index in [9.17, 15) is 18.4 Å². The molecule has 0 aliphatic carbocycles. The number of nitrogens with one attached hydrogen (secondary N) is 1. The molecule has 1 aliphatic rings. The maximum Gasteiger partial charge on any atom is 0.387 e. The van der Waals surface area contributed by atoms with Crippen molar-refractivity contribution in [1.82, 2.24) is 5.43 Å². The molecule has 2 aromatic rings. The Hall–Kier alpha value is -3.69. The van der Waals surface area contributed by atoms with Gasteiger partial charge < -0.3 is 14.2 Å². The fourth-order valence-electron chi connectivity index (χ4n) is 2.69. The highest BCUT2D eigenvalue weighted by molar-refractivity contribution is 6.02. The van der Waals surface area contributed by atoms with Gasteiger partial charge in [-0.25, -0.2) is 5.43 Å². The molecule has 0 aromatic heterocycles. The monoisotopic (exact) mass is 405 g/mol. The van der Waals surface area contributed by atoms with Gasteiger partial charge in [0.2, 0.25) is 0 Å². The summed E-state index contributed by atoms with van der Waals surface area (Å²) in [6.07, 6.45) is 1.15. The average molecular weight is 405 g/mol. The molecule has 2 amide bonds. The standard InChI is InChI=1S/C19H17F2N3O5/c1-27-15-8-4-5-12(18(15)29-19(20)21)9-22-23-16(25)10-24-13-6-2-3-7-14(13)28-11-17(24)26/h2-9,19H,10-11H2,1H3,(H,23,25)/b22-9-. The minimum absolute atomic E-state index is 0.0936. The summed E-state index contributed by atoms with van der Waals surface area (Å²) in [6, 6.07) is 11.3. The first-order chi connectivity index (χ1) is 14.0. The third-order valence-electron chi connectivity index (χ3n) is 3.94. The van der Waals surface area contributed by atoms with E-state index in [1.54, 1.807) is 30.3 Å². The Labute approximate surface area is 164 Å². The maximum atomic E-state index is 12.6. The molecule has 29 heavy (non-hydrogen) atoms. The van der Waals surface area contributed by atoms with Crippen molar-refractivity contribution >= 4 is 23.7 Å². The first kappa shape index (κ1) is 20.1. The Morgan fingerprint density at radius 2 is 2.10 bits per heavy atom. The molecule has 152 valence electrons. The summed E-state index contributed by atoms with van der Waals surface area (Å²) in [7, 11) is 1.31. The number of benzene rings is 2. The van der Waals surface area contributed by atoms with Gasteiger partial charge in [-0.1, -0.05) is 18.2 Å². The van der Waals surface area contributed by atoms with Gasteiger partial charge in [0.05, 0.1) is 19.0 Å². The molecule has 8 nitrogen and oxygen atoms in total. The van der Waals surface area contributed by atoms with Gasteiger partial charge in [0.15, 0.2) is 18.1 Å². The number of carbonyl (C=O) groups is 2. The SMILES string of the molecule is COc1cccc(/C=N\NC(=O)CN2C(=O)COc3ccccc32)c1OC(F)F. The first-order valence-electron chi connectivity index (χ1n) is 8.45. The lowest BCUT2D eigenvalue weighted by Crippen LogP contribution is -2.44. The van der Waals surface area contributed by atoms with Crippen molar-refractivity contribution in [2.24, 2.45) is 5.10 Å². The van der Waals surface area contributed by atoms with E-state index in [0.29, 0.717) is 11.4 Å². The zero-order valence-electron chi connectivity index (χ0n) is 15.3. The Morgan fingerprint density at radius 1 is 1.31 bits per heavy atom. The Balaban J connectivity index is 1.69. The molecule has 0 radical (unpaired) electrons. The van der Waals surface area contributed by atoms with Crippen molar-refractivity contribution in [2.45, 2.75) is 6.61 Å². The van der Waals surface area contributed by atoms with Crippen LogP contribution in [0.3, 0.4) is 0 Å². The number of para-hydroxylation sites is 3. The van der Waals surface area contributed by atoms with Crippen LogP contribution in [0, 0.1) is 0 Å². The summed E-state index contributed by atoms with van der Waals surface area (Å²) in [4.78, 5) is 25.6. The second-order valence-electron chi connectivity index (χ2n) is 5.79. The summed E-state index contributed by atoms with van der Waals surface area (Å²) in [6.45, 7) is -3.51. The highest BCUT2D eigenvalue weighted by atomic mass is 19.3. The smallest absolute Gasteiger partial charge is 0.387 e. The number of halogens is 2. The number of nitrogens with zero attached hydrogens (tertiary/aromatic N) is 2. The predicted octanol–water partition coefficient (Wildman–Crippen LogP) is 2.17. The zero-order chi connectivity index (χ0) is 20.8. The molecule has 0 saturated heterocycles. The van der Waals surface area contributed by atoms with Gasteiger partial charge in [-0.2, -0.15) is 13.9 Å². The quantitative estimate of drug-likeness (QED) is 0.563. The van der Waals surface area contributed by atoms with Crippen LogP contribution in [0.5, 0.6) is 17.2 Å². The average Bonchev–Trinajstić information content (AvgIpc) is 2.71. The van der Waals surface area contributed by atoms with Crippen molar-refractivity contribution in [2.75, 3.05) is 25.2 Å². The molecule has 0 spiro atoms. The highest BCUT2D eigenvalue weighted by Crippen LogP contribution is 2.32. The molecule has 0 saturated carbocycles. The third kappa shape index (κ3) is 4.78. The lowest BCUT2D eigenvalue weighted by molar-refractivity contribution is -0.125. The number of alkyl halides is 2. The second kappa shape index (κ2) is 9.00. The van der Waals surface area contributed by atoms with Gasteiger partial charge >= 0.3 is 6.61 Å². The molecular weight excluding hydrogens is 388 g/mol. The summed E-state index contributed by atoms with van der Waals surface area (Å²) in [5, 5.41) is 3.76. The molecular formula is C19H17F2N3O5. The van der Waals surface area contributed by atoms with Crippen molar-refractivity contribution in [1.29, 1.82) is 0 Å². The fraction of sp³-hybridized carbons (Fsp3) is 0.211. The highest BCUT2D eigenvalue weighted by Gasteiger charge is 2.26. The lowest BCUT2D eigenvalue weighted by Gasteiger charge is -2.28. The molecule has 0 unspecified atom stereocenters. The molecule has 10 heteroatoms. The summed E-state index contributed by atoms with van der Waals surface area (Å²) in [5.74, 6) is -0.571. The van der Waals surface area contributed by atoms with Crippen LogP contribution in [0.4, 0.5) is 14.5 Å². The molecule has 1 aliphatic heterocycles. The third-order valence-corrected chi connectivity index (χ3v) is 3.94. The second-order valence-corrected chi connectivity index (χ2v) is 5.79. The maximum absolute atomic E-state index is 12.6. The van der Waals surface area contributed by atoms with Crippen molar-refractivity contribution in [3.05, 3.63) is 48.0 Å². The number of ether oxygens (including phenoxy) is 3. The summed E-state index contributed by atoms with van der Waals surface area (Å²) < 4.78 is 40.1. The number of amides is 2. The normalized spacial score (nSPS) is 13.2. The number of hydrogen-bond donors (Lipinski definition) is 1. The number of carbonyl (C=O) groups excluding carboxylic acids is 2.